The first-order chi connectivity index (χ1) is 7.33. The van der Waals surface area contributed by atoms with Gasteiger partial charge in [-0.2, -0.15) is 5.10 Å². The van der Waals surface area contributed by atoms with E-state index in [0.717, 1.165) is 24.5 Å². The Balaban J connectivity index is 2.49. The molecule has 0 radical (unpaired) electrons. The van der Waals surface area contributed by atoms with Gasteiger partial charge in [-0.25, -0.2) is 9.97 Å². The SMILES string of the molecule is CCCn1c(-c2ccncn2)n[nH]c1=S. The van der Waals surface area contributed by atoms with E-state index in [1.165, 1.54) is 6.33 Å². The van der Waals surface area contributed by atoms with Gasteiger partial charge in [0.15, 0.2) is 10.6 Å². The monoisotopic (exact) mass is 221 g/mol. The number of aromatic nitrogens is 5. The summed E-state index contributed by atoms with van der Waals surface area (Å²) in [6, 6.07) is 1.82. The standard InChI is InChI=1S/C9H11N5S/c1-2-5-14-8(12-13-9(14)15)7-3-4-10-6-11-7/h3-4,6H,2,5H2,1H3,(H,13,15). The molecule has 0 amide bonds. The van der Waals surface area contributed by atoms with Gasteiger partial charge in [0.2, 0.25) is 0 Å². The van der Waals surface area contributed by atoms with Crippen LogP contribution in [0.2, 0.25) is 0 Å². The molecule has 6 heteroatoms. The fourth-order valence-electron chi connectivity index (χ4n) is 1.37. The summed E-state index contributed by atoms with van der Waals surface area (Å²) >= 11 is 5.14. The number of hydrogen-bond donors (Lipinski definition) is 1. The summed E-state index contributed by atoms with van der Waals surface area (Å²) in [4.78, 5) is 8.01. The van der Waals surface area contributed by atoms with E-state index in [1.807, 2.05) is 10.6 Å². The molecule has 0 aliphatic carbocycles. The van der Waals surface area contributed by atoms with Crippen LogP contribution in [0.4, 0.5) is 0 Å². The molecule has 0 bridgehead atoms. The van der Waals surface area contributed by atoms with Gasteiger partial charge in [-0.1, -0.05) is 6.92 Å². The third kappa shape index (κ3) is 1.94. The van der Waals surface area contributed by atoms with Gasteiger partial charge in [-0.15, -0.1) is 0 Å². The minimum atomic E-state index is 0.630. The van der Waals surface area contributed by atoms with Gasteiger partial charge in [0.05, 0.1) is 0 Å². The van der Waals surface area contributed by atoms with Crippen LogP contribution < -0.4 is 0 Å². The third-order valence-electron chi connectivity index (χ3n) is 2.02. The molecule has 2 aromatic heterocycles. The Kier molecular flexibility index (Phi) is 2.86. The zero-order valence-electron chi connectivity index (χ0n) is 8.34. The Morgan fingerprint density at radius 1 is 1.53 bits per heavy atom. The van der Waals surface area contributed by atoms with Crippen LogP contribution in [0.3, 0.4) is 0 Å². The average molecular weight is 221 g/mol. The molecule has 2 rings (SSSR count). The highest BCUT2D eigenvalue weighted by atomic mass is 32.1. The summed E-state index contributed by atoms with van der Waals surface area (Å²) in [7, 11) is 0. The summed E-state index contributed by atoms with van der Waals surface area (Å²) in [6.07, 6.45) is 4.20. The molecule has 0 saturated carbocycles. The van der Waals surface area contributed by atoms with E-state index in [4.69, 9.17) is 12.2 Å². The second kappa shape index (κ2) is 4.31. The highest BCUT2D eigenvalue weighted by Crippen LogP contribution is 2.13. The molecule has 0 saturated heterocycles. The molecule has 0 aromatic carbocycles. The number of aromatic amines is 1. The summed E-state index contributed by atoms with van der Waals surface area (Å²) < 4.78 is 2.57. The molecule has 2 aromatic rings. The molecule has 0 atom stereocenters. The smallest absolute Gasteiger partial charge is 0.195 e. The van der Waals surface area contributed by atoms with Gasteiger partial charge >= 0.3 is 0 Å². The van der Waals surface area contributed by atoms with Crippen LogP contribution in [-0.4, -0.2) is 24.7 Å². The van der Waals surface area contributed by atoms with Gasteiger partial charge in [-0.3, -0.25) is 9.67 Å². The molecular formula is C9H11N5S. The van der Waals surface area contributed by atoms with E-state index in [-0.39, 0.29) is 0 Å². The quantitative estimate of drug-likeness (QED) is 0.803. The summed E-state index contributed by atoms with van der Waals surface area (Å²) in [5.74, 6) is 0.768. The van der Waals surface area contributed by atoms with Crippen molar-refractivity contribution in [1.29, 1.82) is 0 Å². The second-order valence-electron chi connectivity index (χ2n) is 3.10. The molecule has 2 heterocycles. The fourth-order valence-corrected chi connectivity index (χ4v) is 1.59. The highest BCUT2D eigenvalue weighted by molar-refractivity contribution is 7.71. The van der Waals surface area contributed by atoms with Crippen molar-refractivity contribution < 1.29 is 0 Å². The zero-order chi connectivity index (χ0) is 10.7. The number of nitrogens with one attached hydrogen (secondary N) is 1. The van der Waals surface area contributed by atoms with Crippen LogP contribution >= 0.6 is 12.2 Å². The van der Waals surface area contributed by atoms with Crippen LogP contribution in [0.5, 0.6) is 0 Å². The normalized spacial score (nSPS) is 10.5. The first-order valence-electron chi connectivity index (χ1n) is 4.74. The lowest BCUT2D eigenvalue weighted by Gasteiger charge is -2.03. The fraction of sp³-hybridized carbons (Fsp3) is 0.333. The Morgan fingerprint density at radius 3 is 3.07 bits per heavy atom. The summed E-state index contributed by atoms with van der Waals surface area (Å²) in [6.45, 7) is 2.94. The molecule has 15 heavy (non-hydrogen) atoms. The molecular weight excluding hydrogens is 210 g/mol. The number of rotatable bonds is 3. The summed E-state index contributed by atoms with van der Waals surface area (Å²) in [5, 5.41) is 6.94. The molecule has 1 N–H and O–H groups in total. The van der Waals surface area contributed by atoms with Crippen molar-refractivity contribution in [1.82, 2.24) is 24.7 Å². The van der Waals surface area contributed by atoms with Crippen LogP contribution in [0.1, 0.15) is 13.3 Å². The first kappa shape index (κ1) is 9.97. The van der Waals surface area contributed by atoms with Crippen LogP contribution in [0.15, 0.2) is 18.6 Å². The maximum Gasteiger partial charge on any atom is 0.195 e. The molecule has 0 fully saturated rings. The lowest BCUT2D eigenvalue weighted by atomic mass is 10.3. The number of nitrogens with zero attached hydrogens (tertiary/aromatic N) is 4. The van der Waals surface area contributed by atoms with Gasteiger partial charge in [-0.05, 0) is 24.7 Å². The minimum absolute atomic E-state index is 0.630. The van der Waals surface area contributed by atoms with E-state index < -0.39 is 0 Å². The van der Waals surface area contributed by atoms with E-state index in [1.54, 1.807) is 6.20 Å². The lowest BCUT2D eigenvalue weighted by molar-refractivity contribution is 0.673. The molecule has 0 aliphatic rings. The van der Waals surface area contributed by atoms with Crippen molar-refractivity contribution >= 4 is 12.2 Å². The minimum Gasteiger partial charge on any atom is -0.299 e. The maximum atomic E-state index is 5.14. The van der Waals surface area contributed by atoms with Gasteiger partial charge < -0.3 is 0 Å². The Morgan fingerprint density at radius 2 is 2.40 bits per heavy atom. The van der Waals surface area contributed by atoms with Crippen LogP contribution in [0, 0.1) is 4.77 Å². The molecule has 0 spiro atoms. The Labute approximate surface area is 92.2 Å². The van der Waals surface area contributed by atoms with Crippen molar-refractivity contribution in [2.75, 3.05) is 0 Å². The third-order valence-corrected chi connectivity index (χ3v) is 2.33. The number of hydrogen-bond acceptors (Lipinski definition) is 4. The van der Waals surface area contributed by atoms with E-state index >= 15 is 0 Å². The predicted octanol–water partition coefficient (Wildman–Crippen LogP) is 1.81. The molecule has 78 valence electrons. The van der Waals surface area contributed by atoms with E-state index in [0.29, 0.717) is 4.77 Å². The molecule has 5 nitrogen and oxygen atoms in total. The molecule has 0 unspecified atom stereocenters. The second-order valence-corrected chi connectivity index (χ2v) is 3.49. The predicted molar refractivity (Wildman–Crippen MR) is 58.7 cm³/mol. The van der Waals surface area contributed by atoms with Crippen LogP contribution in [-0.2, 0) is 6.54 Å². The van der Waals surface area contributed by atoms with Crippen molar-refractivity contribution in [3.63, 3.8) is 0 Å². The largest absolute Gasteiger partial charge is 0.299 e. The lowest BCUT2D eigenvalue weighted by Crippen LogP contribution is -2.01. The van der Waals surface area contributed by atoms with Gasteiger partial charge in [0.25, 0.3) is 0 Å². The highest BCUT2D eigenvalue weighted by Gasteiger charge is 2.08. The van der Waals surface area contributed by atoms with Crippen LogP contribution in [0.25, 0.3) is 11.5 Å². The van der Waals surface area contributed by atoms with E-state index in [2.05, 4.69) is 27.1 Å². The van der Waals surface area contributed by atoms with Crippen molar-refractivity contribution in [2.24, 2.45) is 0 Å². The first-order valence-corrected chi connectivity index (χ1v) is 5.15. The molecule has 0 aliphatic heterocycles. The number of H-pyrrole nitrogens is 1. The Hall–Kier alpha value is -1.56. The Bertz CT molecular complexity index is 487. The van der Waals surface area contributed by atoms with Gasteiger partial charge in [0, 0.05) is 12.7 Å². The van der Waals surface area contributed by atoms with Gasteiger partial charge in [0.1, 0.15) is 12.0 Å². The van der Waals surface area contributed by atoms with E-state index in [9.17, 15) is 0 Å². The van der Waals surface area contributed by atoms with Crippen molar-refractivity contribution in [2.45, 2.75) is 19.9 Å². The average Bonchev–Trinajstić information content (AvgIpc) is 2.63. The topological polar surface area (TPSA) is 59.4 Å². The summed E-state index contributed by atoms with van der Waals surface area (Å²) in [5.41, 5.74) is 0.783. The zero-order valence-corrected chi connectivity index (χ0v) is 9.16. The van der Waals surface area contributed by atoms with Crippen molar-refractivity contribution in [3.05, 3.63) is 23.4 Å². The maximum absolute atomic E-state index is 5.14. The van der Waals surface area contributed by atoms with Crippen molar-refractivity contribution in [3.8, 4) is 11.5 Å².